The Bertz CT molecular complexity index is 438. The van der Waals surface area contributed by atoms with Gasteiger partial charge in [-0.3, -0.25) is 4.79 Å². The summed E-state index contributed by atoms with van der Waals surface area (Å²) < 4.78 is 0. The van der Waals surface area contributed by atoms with Gasteiger partial charge in [-0.2, -0.15) is 5.26 Å². The minimum absolute atomic E-state index is 0.0834. The lowest BCUT2D eigenvalue weighted by Gasteiger charge is -2.02. The van der Waals surface area contributed by atoms with E-state index in [9.17, 15) is 4.79 Å². The van der Waals surface area contributed by atoms with Crippen LogP contribution in [0.1, 0.15) is 34.8 Å². The highest BCUT2D eigenvalue weighted by molar-refractivity contribution is 5.95. The summed E-state index contributed by atoms with van der Waals surface area (Å²) in [6, 6.07) is 7.70. The third-order valence-corrected chi connectivity index (χ3v) is 2.15. The Kier molecular flexibility index (Phi) is 3.82. The minimum atomic E-state index is 0.0834. The lowest BCUT2D eigenvalue weighted by atomic mass is 10.0. The maximum absolute atomic E-state index is 11.2. The topological polar surface area (TPSA) is 40.9 Å². The molecule has 0 amide bonds. The molecule has 0 heterocycles. The molecule has 76 valence electrons. The zero-order chi connectivity index (χ0) is 11.3. The van der Waals surface area contributed by atoms with E-state index in [0.717, 1.165) is 16.7 Å². The molecular weight excluding hydrogens is 186 g/mol. The maximum atomic E-state index is 11.2. The molecule has 0 unspecified atom stereocenters. The molecule has 0 radical (unpaired) electrons. The van der Waals surface area contributed by atoms with Crippen LogP contribution < -0.4 is 0 Å². The van der Waals surface area contributed by atoms with Crippen LogP contribution in [0.15, 0.2) is 24.3 Å². The second kappa shape index (κ2) is 5.11. The first-order valence-electron chi connectivity index (χ1n) is 4.80. The maximum Gasteiger partial charge on any atom is 0.160 e. The van der Waals surface area contributed by atoms with Crippen molar-refractivity contribution in [2.24, 2.45) is 0 Å². The summed E-state index contributed by atoms with van der Waals surface area (Å²) in [4.78, 5) is 11.2. The van der Waals surface area contributed by atoms with Crippen LogP contribution in [-0.2, 0) is 0 Å². The first-order valence-corrected chi connectivity index (χ1v) is 4.80. The lowest BCUT2D eigenvalue weighted by molar-refractivity contribution is 0.101. The van der Waals surface area contributed by atoms with Crippen molar-refractivity contribution >= 4 is 11.9 Å². The molecule has 0 fully saturated rings. The van der Waals surface area contributed by atoms with Crippen LogP contribution in [0.5, 0.6) is 0 Å². The first kappa shape index (κ1) is 11.2. The molecule has 0 saturated heterocycles. The van der Waals surface area contributed by atoms with Gasteiger partial charge in [0.15, 0.2) is 5.78 Å². The number of ketones is 1. The van der Waals surface area contributed by atoms with Gasteiger partial charge in [0.25, 0.3) is 0 Å². The van der Waals surface area contributed by atoms with Crippen molar-refractivity contribution in [1.82, 2.24) is 0 Å². The summed E-state index contributed by atoms with van der Waals surface area (Å²) in [5.41, 5.74) is 2.75. The number of carbonyl (C=O) groups is 1. The number of benzene rings is 1. The van der Waals surface area contributed by atoms with Crippen LogP contribution >= 0.6 is 0 Å². The Labute approximate surface area is 89.9 Å². The van der Waals surface area contributed by atoms with Crippen molar-refractivity contribution in [3.05, 3.63) is 41.0 Å². The number of nitrogens with zero attached hydrogens (tertiary/aromatic N) is 1. The standard InChI is InChI=1S/C13H13NO/c1-10-9-12(5-3-4-8-14)6-7-13(10)11(2)15/h3,5-7,9H,4H2,1-2H3. The number of allylic oxidation sites excluding steroid dienone is 1. The Morgan fingerprint density at radius 3 is 2.80 bits per heavy atom. The van der Waals surface area contributed by atoms with E-state index in [0.29, 0.717) is 6.42 Å². The van der Waals surface area contributed by atoms with Gasteiger partial charge in [-0.05, 0) is 25.0 Å². The molecule has 15 heavy (non-hydrogen) atoms. The van der Waals surface area contributed by atoms with Crippen molar-refractivity contribution in [3.8, 4) is 6.07 Å². The molecule has 0 aromatic heterocycles. The largest absolute Gasteiger partial charge is 0.295 e. The van der Waals surface area contributed by atoms with E-state index in [-0.39, 0.29) is 5.78 Å². The van der Waals surface area contributed by atoms with Gasteiger partial charge in [-0.15, -0.1) is 0 Å². The van der Waals surface area contributed by atoms with Gasteiger partial charge in [0.05, 0.1) is 12.5 Å². The molecular formula is C13H13NO. The number of hydrogen-bond acceptors (Lipinski definition) is 2. The molecule has 0 aliphatic heterocycles. The monoisotopic (exact) mass is 199 g/mol. The molecule has 1 rings (SSSR count). The van der Waals surface area contributed by atoms with Crippen LogP contribution in [0.2, 0.25) is 0 Å². The predicted molar refractivity (Wildman–Crippen MR) is 60.4 cm³/mol. The van der Waals surface area contributed by atoms with Gasteiger partial charge in [-0.1, -0.05) is 30.4 Å². The summed E-state index contributed by atoms with van der Waals surface area (Å²) >= 11 is 0. The SMILES string of the molecule is CC(=O)c1ccc(C=CCC#N)cc1C. The fourth-order valence-corrected chi connectivity index (χ4v) is 1.43. The normalized spacial score (nSPS) is 10.2. The van der Waals surface area contributed by atoms with Gasteiger partial charge in [-0.25, -0.2) is 0 Å². The smallest absolute Gasteiger partial charge is 0.160 e. The average molecular weight is 199 g/mol. The summed E-state index contributed by atoms with van der Waals surface area (Å²) in [6.07, 6.45) is 4.11. The molecule has 0 spiro atoms. The van der Waals surface area contributed by atoms with Crippen LogP contribution in [0.4, 0.5) is 0 Å². The number of nitriles is 1. The highest BCUT2D eigenvalue weighted by Crippen LogP contribution is 2.13. The van der Waals surface area contributed by atoms with Crippen LogP contribution in [0.3, 0.4) is 0 Å². The van der Waals surface area contributed by atoms with Crippen molar-refractivity contribution < 1.29 is 4.79 Å². The second-order valence-electron chi connectivity index (χ2n) is 3.40. The summed E-state index contributed by atoms with van der Waals surface area (Å²) in [5, 5.41) is 8.37. The highest BCUT2D eigenvalue weighted by Gasteiger charge is 2.02. The number of Topliss-reactive ketones (excluding diaryl/α,β-unsaturated/α-hetero) is 1. The summed E-state index contributed by atoms with van der Waals surface area (Å²) in [7, 11) is 0. The van der Waals surface area contributed by atoms with Crippen molar-refractivity contribution in [1.29, 1.82) is 5.26 Å². The molecule has 0 aliphatic carbocycles. The van der Waals surface area contributed by atoms with E-state index in [1.165, 1.54) is 0 Å². The predicted octanol–water partition coefficient (Wildman–Crippen LogP) is 3.12. The lowest BCUT2D eigenvalue weighted by Crippen LogP contribution is -1.95. The van der Waals surface area contributed by atoms with Crippen LogP contribution in [0.25, 0.3) is 6.08 Å². The molecule has 0 N–H and O–H groups in total. The van der Waals surface area contributed by atoms with E-state index < -0.39 is 0 Å². The van der Waals surface area contributed by atoms with E-state index in [2.05, 4.69) is 0 Å². The van der Waals surface area contributed by atoms with Gasteiger partial charge in [0, 0.05) is 5.56 Å². The Hall–Kier alpha value is -1.88. The third-order valence-electron chi connectivity index (χ3n) is 2.15. The molecule has 1 aromatic rings. The van der Waals surface area contributed by atoms with Crippen LogP contribution in [0, 0.1) is 18.3 Å². The molecule has 0 atom stereocenters. The highest BCUT2D eigenvalue weighted by atomic mass is 16.1. The van der Waals surface area contributed by atoms with E-state index >= 15 is 0 Å². The number of rotatable bonds is 3. The van der Waals surface area contributed by atoms with Crippen molar-refractivity contribution in [2.45, 2.75) is 20.3 Å². The van der Waals surface area contributed by atoms with E-state index in [4.69, 9.17) is 5.26 Å². The van der Waals surface area contributed by atoms with Crippen LogP contribution in [-0.4, -0.2) is 5.78 Å². The summed E-state index contributed by atoms with van der Waals surface area (Å²) in [6.45, 7) is 3.48. The number of carbonyl (C=O) groups excluding carboxylic acids is 1. The second-order valence-corrected chi connectivity index (χ2v) is 3.40. The Morgan fingerprint density at radius 1 is 1.53 bits per heavy atom. The third kappa shape index (κ3) is 3.07. The van der Waals surface area contributed by atoms with E-state index in [1.54, 1.807) is 6.92 Å². The number of hydrogen-bond donors (Lipinski definition) is 0. The first-order chi connectivity index (χ1) is 7.15. The fourth-order valence-electron chi connectivity index (χ4n) is 1.43. The van der Waals surface area contributed by atoms with Gasteiger partial charge >= 0.3 is 0 Å². The number of aryl methyl sites for hydroxylation is 1. The zero-order valence-corrected chi connectivity index (χ0v) is 8.95. The van der Waals surface area contributed by atoms with Crippen molar-refractivity contribution in [3.63, 3.8) is 0 Å². The Balaban J connectivity index is 2.93. The molecule has 2 nitrogen and oxygen atoms in total. The van der Waals surface area contributed by atoms with Gasteiger partial charge in [0.1, 0.15) is 0 Å². The van der Waals surface area contributed by atoms with Gasteiger partial charge in [0.2, 0.25) is 0 Å². The Morgan fingerprint density at radius 2 is 2.27 bits per heavy atom. The summed E-state index contributed by atoms with van der Waals surface area (Å²) in [5.74, 6) is 0.0834. The minimum Gasteiger partial charge on any atom is -0.295 e. The molecule has 0 aliphatic rings. The molecule has 1 aromatic carbocycles. The molecule has 0 bridgehead atoms. The molecule has 0 saturated carbocycles. The molecule has 2 heteroatoms. The zero-order valence-electron chi connectivity index (χ0n) is 8.95. The average Bonchev–Trinajstić information content (AvgIpc) is 2.17. The quantitative estimate of drug-likeness (QED) is 0.702. The fraction of sp³-hybridized carbons (Fsp3) is 0.231. The van der Waals surface area contributed by atoms with Crippen molar-refractivity contribution in [2.75, 3.05) is 0 Å². The van der Waals surface area contributed by atoms with E-state index in [1.807, 2.05) is 43.3 Å². The van der Waals surface area contributed by atoms with Gasteiger partial charge < -0.3 is 0 Å².